The number of fused-ring (bicyclic) bond motifs is 1. The van der Waals surface area contributed by atoms with E-state index in [1.54, 1.807) is 6.20 Å². The van der Waals surface area contributed by atoms with E-state index in [1.165, 1.54) is 5.56 Å². The molecule has 8 nitrogen and oxygen atoms in total. The van der Waals surface area contributed by atoms with E-state index in [0.717, 1.165) is 70.6 Å². The standard InChI is InChI=1S/C32H39BrN6O2/c1-20-17-23(21-13-15-39(16-14-21)28(40)19-38(4)5)10-11-25(20)36-31-34-18-24(33)26(37-31)12-9-22-7-6-8-27-29(22)32(2,3)30(41)35-27/h6-8,10-11,17-18,21H,9,12-16,19H2,1-5H3,(H,35,41)(H,34,36,37). The minimum absolute atomic E-state index is 0.0385. The van der Waals surface area contributed by atoms with Crippen molar-refractivity contribution in [2.45, 2.75) is 57.8 Å². The molecule has 2 aromatic carbocycles. The van der Waals surface area contributed by atoms with E-state index in [-0.39, 0.29) is 11.8 Å². The number of halogens is 1. The van der Waals surface area contributed by atoms with E-state index < -0.39 is 5.41 Å². The van der Waals surface area contributed by atoms with Crippen LogP contribution in [0.15, 0.2) is 47.1 Å². The van der Waals surface area contributed by atoms with Crippen LogP contribution in [0.2, 0.25) is 0 Å². The molecule has 2 aliphatic rings. The summed E-state index contributed by atoms with van der Waals surface area (Å²) in [7, 11) is 3.86. The topological polar surface area (TPSA) is 90.5 Å². The van der Waals surface area contributed by atoms with Crippen molar-refractivity contribution in [1.82, 2.24) is 19.8 Å². The average Bonchev–Trinajstić information content (AvgIpc) is 3.17. The normalized spacial score (nSPS) is 16.6. The third kappa shape index (κ3) is 6.31. The minimum atomic E-state index is -0.550. The lowest BCUT2D eigenvalue weighted by Gasteiger charge is -2.33. The Hall–Kier alpha value is -3.30. The van der Waals surface area contributed by atoms with E-state index in [0.29, 0.717) is 24.8 Å². The number of hydrogen-bond acceptors (Lipinski definition) is 6. The quantitative estimate of drug-likeness (QED) is 0.343. The number of likely N-dealkylation sites (N-methyl/N-ethyl adjacent to an activating group) is 1. The van der Waals surface area contributed by atoms with Gasteiger partial charge in [0.1, 0.15) is 0 Å². The summed E-state index contributed by atoms with van der Waals surface area (Å²) in [5.74, 6) is 1.26. The van der Waals surface area contributed by atoms with Gasteiger partial charge in [0.05, 0.1) is 22.1 Å². The van der Waals surface area contributed by atoms with Crippen LogP contribution in [0.4, 0.5) is 17.3 Å². The fourth-order valence-corrected chi connectivity index (χ4v) is 6.36. The van der Waals surface area contributed by atoms with Gasteiger partial charge in [0, 0.05) is 30.7 Å². The van der Waals surface area contributed by atoms with Crippen LogP contribution in [0.5, 0.6) is 0 Å². The highest BCUT2D eigenvalue weighted by Gasteiger charge is 2.39. The van der Waals surface area contributed by atoms with Crippen LogP contribution in [0.25, 0.3) is 0 Å². The number of carbonyl (C=O) groups is 2. The molecule has 2 amide bonds. The lowest BCUT2D eigenvalue weighted by atomic mass is 9.82. The molecule has 9 heteroatoms. The summed E-state index contributed by atoms with van der Waals surface area (Å²) in [6.45, 7) is 8.14. The van der Waals surface area contributed by atoms with Gasteiger partial charge in [-0.2, -0.15) is 0 Å². The summed E-state index contributed by atoms with van der Waals surface area (Å²) in [4.78, 5) is 38.2. The predicted octanol–water partition coefficient (Wildman–Crippen LogP) is 5.57. The van der Waals surface area contributed by atoms with Crippen LogP contribution in [0, 0.1) is 6.92 Å². The number of nitrogens with zero attached hydrogens (tertiary/aromatic N) is 4. The second kappa shape index (κ2) is 11.9. The highest BCUT2D eigenvalue weighted by molar-refractivity contribution is 9.10. The van der Waals surface area contributed by atoms with Crippen LogP contribution in [0.1, 0.15) is 60.6 Å². The zero-order valence-electron chi connectivity index (χ0n) is 24.6. The summed E-state index contributed by atoms with van der Waals surface area (Å²) in [6, 6.07) is 12.6. The van der Waals surface area contributed by atoms with Crippen molar-refractivity contribution in [3.8, 4) is 0 Å². The third-order valence-electron chi connectivity index (χ3n) is 8.31. The Morgan fingerprint density at radius 2 is 1.93 bits per heavy atom. The molecule has 0 aliphatic carbocycles. The number of benzene rings is 2. The number of likely N-dealkylation sites (tertiary alicyclic amines) is 1. The molecular weight excluding hydrogens is 580 g/mol. The zero-order chi connectivity index (χ0) is 29.3. The van der Waals surface area contributed by atoms with Gasteiger partial charge in [0.25, 0.3) is 0 Å². The Kier molecular flexibility index (Phi) is 8.47. The van der Waals surface area contributed by atoms with Crippen molar-refractivity contribution in [3.63, 3.8) is 0 Å². The SMILES string of the molecule is Cc1cc(C2CCN(C(=O)CN(C)C)CC2)ccc1Nc1ncc(Br)c(CCc2cccc3c2C(C)(C)C(=O)N3)n1. The van der Waals surface area contributed by atoms with Crippen molar-refractivity contribution in [2.75, 3.05) is 44.4 Å². The lowest BCUT2D eigenvalue weighted by molar-refractivity contribution is -0.132. The average molecular weight is 620 g/mol. The molecule has 0 spiro atoms. The van der Waals surface area contributed by atoms with Crippen LogP contribution in [-0.4, -0.2) is 65.3 Å². The molecule has 5 rings (SSSR count). The molecule has 1 fully saturated rings. The van der Waals surface area contributed by atoms with Crippen molar-refractivity contribution >= 4 is 45.1 Å². The van der Waals surface area contributed by atoms with Gasteiger partial charge in [-0.1, -0.05) is 24.3 Å². The second-order valence-electron chi connectivity index (χ2n) is 12.0. The van der Waals surface area contributed by atoms with Crippen molar-refractivity contribution in [1.29, 1.82) is 0 Å². The summed E-state index contributed by atoms with van der Waals surface area (Å²) in [5, 5.41) is 6.43. The molecule has 0 unspecified atom stereocenters. The maximum absolute atomic E-state index is 12.5. The number of rotatable bonds is 8. The number of piperidine rings is 1. The van der Waals surface area contributed by atoms with Gasteiger partial charge in [0.2, 0.25) is 17.8 Å². The number of aromatic nitrogens is 2. The molecule has 2 N–H and O–H groups in total. The summed E-state index contributed by atoms with van der Waals surface area (Å²) >= 11 is 3.63. The van der Waals surface area contributed by atoms with E-state index in [1.807, 2.05) is 49.9 Å². The van der Waals surface area contributed by atoms with Crippen LogP contribution in [-0.2, 0) is 27.8 Å². The van der Waals surface area contributed by atoms with Gasteiger partial charge in [-0.3, -0.25) is 9.59 Å². The molecule has 216 valence electrons. The minimum Gasteiger partial charge on any atom is -0.342 e. The number of amides is 2. The smallest absolute Gasteiger partial charge is 0.236 e. The summed E-state index contributed by atoms with van der Waals surface area (Å²) in [6.07, 6.45) is 5.24. The molecule has 3 heterocycles. The van der Waals surface area contributed by atoms with E-state index in [4.69, 9.17) is 4.98 Å². The van der Waals surface area contributed by atoms with Crippen LogP contribution in [0.3, 0.4) is 0 Å². The second-order valence-corrected chi connectivity index (χ2v) is 12.9. The van der Waals surface area contributed by atoms with Crippen LogP contribution < -0.4 is 10.6 Å². The highest BCUT2D eigenvalue weighted by Crippen LogP contribution is 2.40. The molecule has 0 saturated carbocycles. The van der Waals surface area contributed by atoms with Gasteiger partial charge < -0.3 is 20.4 Å². The summed E-state index contributed by atoms with van der Waals surface area (Å²) < 4.78 is 0.867. The Morgan fingerprint density at radius 1 is 1.17 bits per heavy atom. The van der Waals surface area contributed by atoms with Gasteiger partial charge >= 0.3 is 0 Å². The zero-order valence-corrected chi connectivity index (χ0v) is 26.1. The third-order valence-corrected chi connectivity index (χ3v) is 8.97. The molecule has 0 bridgehead atoms. The molecular formula is C32H39BrN6O2. The summed E-state index contributed by atoms with van der Waals surface area (Å²) in [5.41, 5.74) is 6.95. The Bertz CT molecular complexity index is 1460. The van der Waals surface area contributed by atoms with Gasteiger partial charge in [-0.15, -0.1) is 0 Å². The molecule has 3 aromatic rings. The first-order valence-electron chi connectivity index (χ1n) is 14.3. The van der Waals surface area contributed by atoms with Crippen molar-refractivity contribution in [3.05, 3.63) is 75.0 Å². The number of aryl methyl sites for hydroxylation is 3. The number of hydrogen-bond donors (Lipinski definition) is 2. The fourth-order valence-electron chi connectivity index (χ4n) is 5.97. The van der Waals surface area contributed by atoms with Crippen molar-refractivity contribution in [2.24, 2.45) is 0 Å². The maximum Gasteiger partial charge on any atom is 0.236 e. The van der Waals surface area contributed by atoms with Gasteiger partial charge in [0.15, 0.2) is 0 Å². The number of carbonyl (C=O) groups excluding carboxylic acids is 2. The van der Waals surface area contributed by atoms with E-state index >= 15 is 0 Å². The first-order valence-corrected chi connectivity index (χ1v) is 15.1. The maximum atomic E-state index is 12.5. The first-order chi connectivity index (χ1) is 19.5. The van der Waals surface area contributed by atoms with Crippen LogP contribution >= 0.6 is 15.9 Å². The Morgan fingerprint density at radius 3 is 2.63 bits per heavy atom. The molecule has 2 aliphatic heterocycles. The Labute approximate surface area is 251 Å². The first kappa shape index (κ1) is 29.2. The monoisotopic (exact) mass is 618 g/mol. The molecule has 41 heavy (non-hydrogen) atoms. The molecule has 1 aromatic heterocycles. The van der Waals surface area contributed by atoms with Crippen molar-refractivity contribution < 1.29 is 9.59 Å². The predicted molar refractivity (Wildman–Crippen MR) is 167 cm³/mol. The van der Waals surface area contributed by atoms with Gasteiger partial charge in [-0.25, -0.2) is 9.97 Å². The largest absolute Gasteiger partial charge is 0.342 e. The fraction of sp³-hybridized carbons (Fsp3) is 0.438. The number of anilines is 3. The Balaban J connectivity index is 1.24. The van der Waals surface area contributed by atoms with E-state index in [9.17, 15) is 9.59 Å². The molecule has 0 atom stereocenters. The van der Waals surface area contributed by atoms with Gasteiger partial charge in [-0.05, 0) is 117 Å². The molecule has 1 saturated heterocycles. The molecule has 0 radical (unpaired) electrons. The van der Waals surface area contributed by atoms with E-state index in [2.05, 4.69) is 62.7 Å². The highest BCUT2D eigenvalue weighted by atomic mass is 79.9. The lowest BCUT2D eigenvalue weighted by Crippen LogP contribution is -2.42. The number of nitrogens with one attached hydrogen (secondary N) is 2.